The molecule has 1 aromatic carbocycles. The molecule has 0 aromatic heterocycles. The third-order valence-electron chi connectivity index (χ3n) is 5.51. The zero-order valence-electron chi connectivity index (χ0n) is 18.1. The highest BCUT2D eigenvalue weighted by molar-refractivity contribution is 14.0. The molecule has 1 saturated carbocycles. The Morgan fingerprint density at radius 3 is 2.32 bits per heavy atom. The Hall–Kier alpha value is -1.07. The Kier molecular flexibility index (Phi) is 12.8. The first-order chi connectivity index (χ1) is 14.4. The average molecular weight is 557 g/mol. The van der Waals surface area contributed by atoms with E-state index in [2.05, 4.69) is 20.4 Å². The van der Waals surface area contributed by atoms with Gasteiger partial charge in [0.25, 0.3) is 0 Å². The van der Waals surface area contributed by atoms with E-state index in [4.69, 9.17) is 0 Å². The molecule has 9 heteroatoms. The van der Waals surface area contributed by atoms with Crippen LogP contribution in [0.15, 0.2) is 29.3 Å². The molecule has 0 amide bonds. The molecule has 31 heavy (non-hydrogen) atoms. The second-order valence-corrected chi connectivity index (χ2v) is 8.01. The number of benzene rings is 1. The molecule has 0 atom stereocenters. The molecule has 0 heterocycles. The minimum absolute atomic E-state index is 0. The number of hydrogen-bond acceptors (Lipinski definition) is 3. The van der Waals surface area contributed by atoms with Crippen molar-refractivity contribution in [2.24, 2.45) is 10.4 Å². The molecule has 0 spiro atoms. The Morgan fingerprint density at radius 1 is 1.10 bits per heavy atom. The molecule has 0 unspecified atom stereocenters. The van der Waals surface area contributed by atoms with Gasteiger partial charge in [-0.05, 0) is 42.7 Å². The van der Waals surface area contributed by atoms with E-state index in [1.54, 1.807) is 12.1 Å². The SMILES string of the molecule is CCNC(=NCc1ccc(COCC(F)(F)F)cc1)NCC1(CCO)CCCCC1.I. The van der Waals surface area contributed by atoms with Gasteiger partial charge in [-0.1, -0.05) is 43.5 Å². The zero-order valence-corrected chi connectivity index (χ0v) is 20.5. The minimum atomic E-state index is -4.31. The van der Waals surface area contributed by atoms with Gasteiger partial charge in [-0.25, -0.2) is 4.99 Å². The quantitative estimate of drug-likeness (QED) is 0.220. The lowest BCUT2D eigenvalue weighted by Crippen LogP contribution is -2.44. The second-order valence-electron chi connectivity index (χ2n) is 8.01. The fraction of sp³-hybridized carbons (Fsp3) is 0.682. The number of aliphatic imine (C=N–C) groups is 1. The van der Waals surface area contributed by atoms with Gasteiger partial charge < -0.3 is 20.5 Å². The number of guanidine groups is 1. The minimum Gasteiger partial charge on any atom is -0.396 e. The van der Waals surface area contributed by atoms with Crippen LogP contribution in [0.3, 0.4) is 0 Å². The van der Waals surface area contributed by atoms with Crippen molar-refractivity contribution >= 4 is 29.9 Å². The van der Waals surface area contributed by atoms with Crippen molar-refractivity contribution in [3.8, 4) is 0 Å². The molecular formula is C22H35F3IN3O2. The van der Waals surface area contributed by atoms with Gasteiger partial charge in [0.1, 0.15) is 6.61 Å². The lowest BCUT2D eigenvalue weighted by molar-refractivity contribution is -0.176. The number of rotatable bonds is 10. The van der Waals surface area contributed by atoms with Gasteiger partial charge in [0.2, 0.25) is 0 Å². The van der Waals surface area contributed by atoms with Gasteiger partial charge in [-0.3, -0.25) is 0 Å². The Morgan fingerprint density at radius 2 is 1.74 bits per heavy atom. The third kappa shape index (κ3) is 10.9. The molecule has 1 fully saturated rings. The number of aliphatic hydroxyl groups excluding tert-OH is 1. The highest BCUT2D eigenvalue weighted by atomic mass is 127. The highest BCUT2D eigenvalue weighted by Gasteiger charge is 2.31. The van der Waals surface area contributed by atoms with Gasteiger partial charge in [0.15, 0.2) is 5.96 Å². The van der Waals surface area contributed by atoms with E-state index in [0.29, 0.717) is 12.1 Å². The molecule has 2 rings (SSSR count). The fourth-order valence-corrected chi connectivity index (χ4v) is 3.86. The maximum Gasteiger partial charge on any atom is 0.411 e. The maximum absolute atomic E-state index is 12.1. The van der Waals surface area contributed by atoms with Crippen LogP contribution in [0.25, 0.3) is 0 Å². The molecule has 5 nitrogen and oxygen atoms in total. The average Bonchev–Trinajstić information content (AvgIpc) is 2.71. The zero-order chi connectivity index (χ0) is 21.9. The first kappa shape index (κ1) is 28.0. The summed E-state index contributed by atoms with van der Waals surface area (Å²) in [7, 11) is 0. The molecule has 0 aliphatic heterocycles. The smallest absolute Gasteiger partial charge is 0.396 e. The van der Waals surface area contributed by atoms with Crippen LogP contribution >= 0.6 is 24.0 Å². The summed E-state index contributed by atoms with van der Waals surface area (Å²) in [5, 5.41) is 16.2. The molecule has 178 valence electrons. The summed E-state index contributed by atoms with van der Waals surface area (Å²) in [6.45, 7) is 2.90. The van der Waals surface area contributed by atoms with Gasteiger partial charge in [0, 0.05) is 19.7 Å². The summed E-state index contributed by atoms with van der Waals surface area (Å²) in [5.41, 5.74) is 1.79. The molecule has 1 aliphatic carbocycles. The van der Waals surface area contributed by atoms with Crippen LogP contribution in [0.4, 0.5) is 13.2 Å². The van der Waals surface area contributed by atoms with Crippen molar-refractivity contribution in [2.75, 3.05) is 26.3 Å². The van der Waals surface area contributed by atoms with Crippen LogP contribution < -0.4 is 10.6 Å². The fourth-order valence-electron chi connectivity index (χ4n) is 3.86. The van der Waals surface area contributed by atoms with Gasteiger partial charge in [0.05, 0.1) is 13.2 Å². The number of nitrogens with one attached hydrogen (secondary N) is 2. The molecule has 1 aromatic rings. The summed E-state index contributed by atoms with van der Waals surface area (Å²) in [5.74, 6) is 0.734. The number of ether oxygens (including phenoxy) is 1. The van der Waals surface area contributed by atoms with Crippen molar-refractivity contribution < 1.29 is 23.0 Å². The maximum atomic E-state index is 12.1. The standard InChI is InChI=1S/C22H34F3N3O2.HI/c1-2-26-20(28-16-21(12-13-29)10-4-3-5-11-21)27-14-18-6-8-19(9-7-18)15-30-17-22(23,24)25;/h6-9,29H,2-5,10-17H2,1H3,(H2,26,27,28);1H. The Bertz CT molecular complexity index is 643. The number of halogens is 4. The van der Waals surface area contributed by atoms with Crippen molar-refractivity contribution in [1.82, 2.24) is 10.6 Å². The predicted octanol–water partition coefficient (Wildman–Crippen LogP) is 4.77. The topological polar surface area (TPSA) is 65.9 Å². The van der Waals surface area contributed by atoms with Crippen molar-refractivity contribution in [2.45, 2.75) is 64.8 Å². The molecule has 0 bridgehead atoms. The van der Waals surface area contributed by atoms with E-state index in [1.807, 2.05) is 19.1 Å². The lowest BCUT2D eigenvalue weighted by Gasteiger charge is -2.37. The van der Waals surface area contributed by atoms with E-state index < -0.39 is 12.8 Å². The van der Waals surface area contributed by atoms with Crippen molar-refractivity contribution in [1.29, 1.82) is 0 Å². The number of hydrogen-bond donors (Lipinski definition) is 3. The van der Waals surface area contributed by atoms with Gasteiger partial charge >= 0.3 is 6.18 Å². The van der Waals surface area contributed by atoms with Crippen LogP contribution in [-0.4, -0.2) is 43.5 Å². The third-order valence-corrected chi connectivity index (χ3v) is 5.51. The monoisotopic (exact) mass is 557 g/mol. The predicted molar refractivity (Wildman–Crippen MR) is 128 cm³/mol. The normalized spacial score (nSPS) is 16.5. The second kappa shape index (κ2) is 14.2. The molecule has 3 N–H and O–H groups in total. The Balaban J connectivity index is 0.00000480. The van der Waals surface area contributed by atoms with Crippen LogP contribution in [0.5, 0.6) is 0 Å². The summed E-state index contributed by atoms with van der Waals surface area (Å²) in [6.07, 6.45) is 2.41. The number of aliphatic hydroxyl groups is 1. The van der Waals surface area contributed by atoms with Crippen molar-refractivity contribution in [3.63, 3.8) is 0 Å². The van der Waals surface area contributed by atoms with E-state index in [0.717, 1.165) is 43.9 Å². The molecule has 1 aliphatic rings. The summed E-state index contributed by atoms with van der Waals surface area (Å²) in [6, 6.07) is 7.24. The highest BCUT2D eigenvalue weighted by Crippen LogP contribution is 2.38. The number of nitrogens with zero attached hydrogens (tertiary/aromatic N) is 1. The summed E-state index contributed by atoms with van der Waals surface area (Å²) < 4.78 is 41.1. The van der Waals surface area contributed by atoms with Crippen molar-refractivity contribution in [3.05, 3.63) is 35.4 Å². The molecule has 0 radical (unpaired) electrons. The van der Waals surface area contributed by atoms with E-state index in [-0.39, 0.29) is 42.6 Å². The van der Waals surface area contributed by atoms with E-state index in [1.165, 1.54) is 19.3 Å². The van der Waals surface area contributed by atoms with Crippen LogP contribution in [0, 0.1) is 5.41 Å². The molecular weight excluding hydrogens is 522 g/mol. The lowest BCUT2D eigenvalue weighted by atomic mass is 9.72. The van der Waals surface area contributed by atoms with E-state index >= 15 is 0 Å². The van der Waals surface area contributed by atoms with Gasteiger partial charge in [-0.15, -0.1) is 24.0 Å². The molecule has 0 saturated heterocycles. The summed E-state index contributed by atoms with van der Waals surface area (Å²) in [4.78, 5) is 4.64. The van der Waals surface area contributed by atoms with E-state index in [9.17, 15) is 18.3 Å². The van der Waals surface area contributed by atoms with Gasteiger partial charge in [-0.2, -0.15) is 13.2 Å². The Labute approximate surface area is 200 Å². The first-order valence-electron chi connectivity index (χ1n) is 10.7. The van der Waals surface area contributed by atoms with Crippen LogP contribution in [-0.2, 0) is 17.9 Å². The largest absolute Gasteiger partial charge is 0.411 e. The van der Waals surface area contributed by atoms with Crippen LogP contribution in [0.1, 0.15) is 56.6 Å². The number of alkyl halides is 3. The van der Waals surface area contributed by atoms with Crippen LogP contribution in [0.2, 0.25) is 0 Å². The summed E-state index contributed by atoms with van der Waals surface area (Å²) >= 11 is 0. The first-order valence-corrected chi connectivity index (χ1v) is 10.7.